The molecule has 18 heavy (non-hydrogen) atoms. The van der Waals surface area contributed by atoms with Crippen molar-refractivity contribution in [2.24, 2.45) is 11.3 Å². The summed E-state index contributed by atoms with van der Waals surface area (Å²) in [4.78, 5) is 5.46. The molecule has 2 saturated heterocycles. The standard InChI is InChI=1S/C16H30N2/c1-12(2)17-10-16(11-17)9-14(16)15-7-5-6-8-18(15)13(3)4/h12-15H,5-11H2,1-4H3. The minimum atomic E-state index is 0.745. The van der Waals surface area contributed by atoms with Crippen LogP contribution in [-0.2, 0) is 0 Å². The van der Waals surface area contributed by atoms with Gasteiger partial charge in [-0.1, -0.05) is 6.42 Å². The minimum absolute atomic E-state index is 0.745. The molecule has 2 heterocycles. The van der Waals surface area contributed by atoms with Gasteiger partial charge in [0.1, 0.15) is 0 Å². The van der Waals surface area contributed by atoms with Gasteiger partial charge in [-0.15, -0.1) is 0 Å². The zero-order valence-corrected chi connectivity index (χ0v) is 12.7. The summed E-state index contributed by atoms with van der Waals surface area (Å²) in [5, 5.41) is 0. The van der Waals surface area contributed by atoms with Gasteiger partial charge in [0.25, 0.3) is 0 Å². The SMILES string of the molecule is CC(C)N1CC2(CC2C2CCCCN2C(C)C)C1. The lowest BCUT2D eigenvalue weighted by Gasteiger charge is -2.47. The van der Waals surface area contributed by atoms with Gasteiger partial charge in [0.15, 0.2) is 0 Å². The molecule has 2 atom stereocenters. The smallest absolute Gasteiger partial charge is 0.0133 e. The Labute approximate surface area is 113 Å². The van der Waals surface area contributed by atoms with Crippen LogP contribution in [0.2, 0.25) is 0 Å². The van der Waals surface area contributed by atoms with Crippen LogP contribution in [0.4, 0.5) is 0 Å². The molecule has 0 radical (unpaired) electrons. The average molecular weight is 250 g/mol. The van der Waals surface area contributed by atoms with Crippen molar-refractivity contribution < 1.29 is 0 Å². The fourth-order valence-corrected chi connectivity index (χ4v) is 4.47. The van der Waals surface area contributed by atoms with Crippen LogP contribution in [0.1, 0.15) is 53.4 Å². The molecule has 3 aliphatic rings. The van der Waals surface area contributed by atoms with E-state index in [0.29, 0.717) is 0 Å². The Morgan fingerprint density at radius 1 is 1.00 bits per heavy atom. The Morgan fingerprint density at radius 2 is 1.72 bits per heavy atom. The Morgan fingerprint density at radius 3 is 2.33 bits per heavy atom. The second kappa shape index (κ2) is 4.49. The lowest BCUT2D eigenvalue weighted by molar-refractivity contribution is 0.0127. The summed E-state index contributed by atoms with van der Waals surface area (Å²) < 4.78 is 0. The van der Waals surface area contributed by atoms with E-state index in [1.54, 1.807) is 0 Å². The van der Waals surface area contributed by atoms with Crippen LogP contribution >= 0.6 is 0 Å². The van der Waals surface area contributed by atoms with Crippen LogP contribution in [0.5, 0.6) is 0 Å². The highest BCUT2D eigenvalue weighted by Crippen LogP contribution is 2.62. The number of hydrogen-bond donors (Lipinski definition) is 0. The van der Waals surface area contributed by atoms with Crippen molar-refractivity contribution in [1.82, 2.24) is 9.80 Å². The first kappa shape index (κ1) is 12.9. The largest absolute Gasteiger partial charge is 0.300 e. The number of likely N-dealkylation sites (tertiary alicyclic amines) is 2. The molecule has 1 aliphatic carbocycles. The predicted molar refractivity (Wildman–Crippen MR) is 76.7 cm³/mol. The maximum absolute atomic E-state index is 2.81. The average Bonchev–Trinajstić information content (AvgIpc) is 3.02. The third-order valence-corrected chi connectivity index (χ3v) is 5.74. The molecule has 104 valence electrons. The molecule has 0 aromatic heterocycles. The number of piperidine rings is 1. The molecule has 2 nitrogen and oxygen atoms in total. The zero-order valence-electron chi connectivity index (χ0n) is 12.7. The first-order chi connectivity index (χ1) is 8.53. The Hall–Kier alpha value is -0.0800. The van der Waals surface area contributed by atoms with Crippen molar-refractivity contribution in [2.45, 2.75) is 71.5 Å². The molecule has 0 aromatic rings. The second-order valence-electron chi connectivity index (χ2n) is 7.57. The second-order valence-corrected chi connectivity index (χ2v) is 7.57. The molecule has 3 rings (SSSR count). The molecule has 0 bridgehead atoms. The molecule has 0 amide bonds. The lowest BCUT2D eigenvalue weighted by Crippen LogP contribution is -2.55. The van der Waals surface area contributed by atoms with Gasteiger partial charge in [-0.3, -0.25) is 9.80 Å². The normalized spacial score (nSPS) is 36.3. The van der Waals surface area contributed by atoms with Gasteiger partial charge in [0.2, 0.25) is 0 Å². The van der Waals surface area contributed by atoms with Crippen LogP contribution in [-0.4, -0.2) is 47.6 Å². The zero-order chi connectivity index (χ0) is 12.9. The molecule has 0 aromatic carbocycles. The Kier molecular flexibility index (Phi) is 3.22. The molecular formula is C16H30N2. The molecule has 1 saturated carbocycles. The number of nitrogens with zero attached hydrogens (tertiary/aromatic N) is 2. The van der Waals surface area contributed by atoms with Crippen molar-refractivity contribution >= 4 is 0 Å². The summed E-state index contributed by atoms with van der Waals surface area (Å²) >= 11 is 0. The van der Waals surface area contributed by atoms with Gasteiger partial charge in [-0.25, -0.2) is 0 Å². The van der Waals surface area contributed by atoms with Gasteiger partial charge < -0.3 is 0 Å². The van der Waals surface area contributed by atoms with Gasteiger partial charge in [-0.2, -0.15) is 0 Å². The van der Waals surface area contributed by atoms with E-state index in [-0.39, 0.29) is 0 Å². The summed E-state index contributed by atoms with van der Waals surface area (Å²) in [7, 11) is 0. The number of hydrogen-bond acceptors (Lipinski definition) is 2. The Balaban J connectivity index is 1.60. The van der Waals surface area contributed by atoms with Crippen LogP contribution in [0, 0.1) is 11.3 Å². The van der Waals surface area contributed by atoms with Crippen molar-refractivity contribution in [1.29, 1.82) is 0 Å². The molecular weight excluding hydrogens is 220 g/mol. The van der Waals surface area contributed by atoms with Crippen molar-refractivity contribution in [3.63, 3.8) is 0 Å². The molecule has 3 fully saturated rings. The summed E-state index contributed by atoms with van der Waals surface area (Å²) in [5.41, 5.74) is 0.749. The van der Waals surface area contributed by atoms with Gasteiger partial charge >= 0.3 is 0 Å². The van der Waals surface area contributed by atoms with Crippen molar-refractivity contribution in [3.8, 4) is 0 Å². The van der Waals surface area contributed by atoms with Gasteiger partial charge in [0.05, 0.1) is 0 Å². The fraction of sp³-hybridized carbons (Fsp3) is 1.00. The summed E-state index contributed by atoms with van der Waals surface area (Å²) in [6.45, 7) is 13.6. The van der Waals surface area contributed by atoms with Gasteiger partial charge in [-0.05, 0) is 59.4 Å². The van der Waals surface area contributed by atoms with Crippen molar-refractivity contribution in [3.05, 3.63) is 0 Å². The topological polar surface area (TPSA) is 6.48 Å². The molecule has 2 aliphatic heterocycles. The highest BCUT2D eigenvalue weighted by atomic mass is 15.3. The van der Waals surface area contributed by atoms with Crippen LogP contribution < -0.4 is 0 Å². The Bertz CT molecular complexity index is 304. The summed E-state index contributed by atoms with van der Waals surface area (Å²) in [6.07, 6.45) is 5.87. The van der Waals surface area contributed by atoms with E-state index in [1.807, 2.05) is 0 Å². The van der Waals surface area contributed by atoms with E-state index in [1.165, 1.54) is 45.3 Å². The predicted octanol–water partition coefficient (Wildman–Crippen LogP) is 2.98. The molecule has 2 heteroatoms. The molecule has 2 unspecified atom stereocenters. The van der Waals surface area contributed by atoms with E-state index < -0.39 is 0 Å². The van der Waals surface area contributed by atoms with E-state index in [0.717, 1.165) is 29.5 Å². The third-order valence-electron chi connectivity index (χ3n) is 5.74. The highest BCUT2D eigenvalue weighted by molar-refractivity contribution is 5.16. The minimum Gasteiger partial charge on any atom is -0.300 e. The van der Waals surface area contributed by atoms with Crippen LogP contribution in [0.3, 0.4) is 0 Å². The maximum atomic E-state index is 2.81. The molecule has 1 spiro atoms. The lowest BCUT2D eigenvalue weighted by atomic mass is 9.86. The van der Waals surface area contributed by atoms with E-state index >= 15 is 0 Å². The fourth-order valence-electron chi connectivity index (χ4n) is 4.47. The quantitative estimate of drug-likeness (QED) is 0.760. The summed E-state index contributed by atoms with van der Waals surface area (Å²) in [6, 6.07) is 2.41. The van der Waals surface area contributed by atoms with Crippen LogP contribution in [0.25, 0.3) is 0 Å². The van der Waals surface area contributed by atoms with E-state index in [4.69, 9.17) is 0 Å². The monoisotopic (exact) mass is 250 g/mol. The first-order valence-corrected chi connectivity index (χ1v) is 8.03. The van der Waals surface area contributed by atoms with E-state index in [9.17, 15) is 0 Å². The van der Waals surface area contributed by atoms with Crippen LogP contribution in [0.15, 0.2) is 0 Å². The first-order valence-electron chi connectivity index (χ1n) is 8.03. The maximum Gasteiger partial charge on any atom is 0.0133 e. The third kappa shape index (κ3) is 2.02. The van der Waals surface area contributed by atoms with Crippen molar-refractivity contribution in [2.75, 3.05) is 19.6 Å². The number of rotatable bonds is 3. The highest BCUT2D eigenvalue weighted by Gasteiger charge is 2.64. The van der Waals surface area contributed by atoms with Gasteiger partial charge in [0, 0.05) is 36.6 Å². The molecule has 0 N–H and O–H groups in total. The summed E-state index contributed by atoms with van der Waals surface area (Å²) in [5.74, 6) is 1.02. The van der Waals surface area contributed by atoms with E-state index in [2.05, 4.69) is 37.5 Å².